The van der Waals surface area contributed by atoms with Gasteiger partial charge in [-0.1, -0.05) is 38.3 Å². The molecule has 0 spiro atoms. The summed E-state index contributed by atoms with van der Waals surface area (Å²) in [4.78, 5) is 38.3. The average Bonchev–Trinajstić information content (AvgIpc) is 2.79. The van der Waals surface area contributed by atoms with Crippen molar-refractivity contribution < 1.29 is 29.1 Å². The number of ether oxygens (including phenoxy) is 2. The van der Waals surface area contributed by atoms with Crippen LogP contribution in [-0.2, 0) is 19.1 Å². The van der Waals surface area contributed by atoms with Crippen LogP contribution >= 0.6 is 0 Å². The number of carbonyl (C=O) groups excluding carboxylic acids is 1. The molecule has 35 heavy (non-hydrogen) atoms. The first-order valence-electron chi connectivity index (χ1n) is 12.1. The molecule has 1 atom stereocenters. The summed E-state index contributed by atoms with van der Waals surface area (Å²) in [6.07, 6.45) is 3.92. The second-order valence-corrected chi connectivity index (χ2v) is 8.87. The summed E-state index contributed by atoms with van der Waals surface area (Å²) in [7, 11) is 0. The number of aliphatic carboxylic acids is 1. The summed E-state index contributed by atoms with van der Waals surface area (Å²) >= 11 is 0. The SMILES string of the molecule is CCCCCCOCCN1C(C)=C(C(=O)O)C(c2cccc([N+](=O)[O-])c2)C(C(=O)OC(C)C)=C1C. The molecule has 0 saturated carbocycles. The number of hydrogen-bond donors (Lipinski definition) is 1. The highest BCUT2D eigenvalue weighted by Crippen LogP contribution is 2.43. The molecule has 1 aromatic carbocycles. The molecule has 0 amide bonds. The van der Waals surface area contributed by atoms with Crippen LogP contribution < -0.4 is 0 Å². The number of allylic oxidation sites excluding steroid dienone is 2. The van der Waals surface area contributed by atoms with Gasteiger partial charge in [0, 0.05) is 36.7 Å². The number of carbonyl (C=O) groups is 2. The van der Waals surface area contributed by atoms with Gasteiger partial charge in [0.15, 0.2) is 0 Å². The molecule has 0 aromatic heterocycles. The van der Waals surface area contributed by atoms with E-state index in [1.165, 1.54) is 18.2 Å². The number of hydrogen-bond acceptors (Lipinski definition) is 7. The van der Waals surface area contributed by atoms with Crippen LogP contribution in [0.3, 0.4) is 0 Å². The summed E-state index contributed by atoms with van der Waals surface area (Å²) in [5.41, 5.74) is 1.31. The Morgan fingerprint density at radius 1 is 1.11 bits per heavy atom. The summed E-state index contributed by atoms with van der Waals surface area (Å²) < 4.78 is 11.2. The fourth-order valence-corrected chi connectivity index (χ4v) is 4.30. The fourth-order valence-electron chi connectivity index (χ4n) is 4.30. The highest BCUT2D eigenvalue weighted by molar-refractivity contribution is 5.99. The maximum atomic E-state index is 13.2. The number of non-ortho nitro benzene ring substituents is 1. The number of carboxylic acid groups (broad SMARTS) is 1. The van der Waals surface area contributed by atoms with Gasteiger partial charge >= 0.3 is 11.9 Å². The van der Waals surface area contributed by atoms with Crippen LogP contribution in [0.1, 0.15) is 71.8 Å². The second-order valence-electron chi connectivity index (χ2n) is 8.87. The van der Waals surface area contributed by atoms with E-state index < -0.39 is 28.9 Å². The van der Waals surface area contributed by atoms with E-state index >= 15 is 0 Å². The van der Waals surface area contributed by atoms with Crippen molar-refractivity contribution >= 4 is 17.6 Å². The summed E-state index contributed by atoms with van der Waals surface area (Å²) in [6.45, 7) is 10.3. The Balaban J connectivity index is 2.48. The number of esters is 1. The number of nitrogens with zero attached hydrogens (tertiary/aromatic N) is 2. The van der Waals surface area contributed by atoms with Crippen LogP contribution in [-0.4, -0.2) is 52.7 Å². The number of nitro benzene ring substituents is 1. The average molecular weight is 489 g/mol. The standard InChI is InChI=1S/C26H36N2O7/c1-6-7-8-9-14-34-15-13-27-18(4)22(25(29)30)24(20-11-10-12-21(16-20)28(32)33)23(19(27)5)26(31)35-17(2)3/h10-12,16-17,24H,6-9,13-15H2,1-5H3,(H,29,30). The smallest absolute Gasteiger partial charge is 0.337 e. The van der Waals surface area contributed by atoms with Gasteiger partial charge in [0.05, 0.1) is 34.7 Å². The normalized spacial score (nSPS) is 16.2. The molecule has 1 aliphatic heterocycles. The van der Waals surface area contributed by atoms with E-state index in [1.807, 2.05) is 0 Å². The van der Waals surface area contributed by atoms with Crippen LogP contribution in [0.2, 0.25) is 0 Å². The van der Waals surface area contributed by atoms with Crippen molar-refractivity contribution in [2.45, 2.75) is 72.3 Å². The molecule has 2 rings (SSSR count). The van der Waals surface area contributed by atoms with Crippen molar-refractivity contribution in [1.29, 1.82) is 0 Å². The Labute approximate surface area is 206 Å². The van der Waals surface area contributed by atoms with E-state index in [0.717, 1.165) is 25.7 Å². The van der Waals surface area contributed by atoms with E-state index in [-0.39, 0.29) is 16.8 Å². The van der Waals surface area contributed by atoms with Crippen molar-refractivity contribution in [2.24, 2.45) is 0 Å². The topological polar surface area (TPSA) is 119 Å². The predicted octanol–water partition coefficient (Wildman–Crippen LogP) is 5.18. The van der Waals surface area contributed by atoms with Gasteiger partial charge < -0.3 is 19.5 Å². The lowest BCUT2D eigenvalue weighted by Gasteiger charge is -2.37. The molecule has 9 heteroatoms. The van der Waals surface area contributed by atoms with Gasteiger partial charge in [-0.3, -0.25) is 10.1 Å². The van der Waals surface area contributed by atoms with Crippen molar-refractivity contribution in [3.05, 3.63) is 62.5 Å². The molecule has 1 aliphatic rings. The summed E-state index contributed by atoms with van der Waals surface area (Å²) in [5.74, 6) is -2.86. The highest BCUT2D eigenvalue weighted by atomic mass is 16.6. The molecular formula is C26H36N2O7. The maximum absolute atomic E-state index is 13.2. The molecule has 1 heterocycles. The maximum Gasteiger partial charge on any atom is 0.337 e. The molecule has 0 radical (unpaired) electrons. The molecular weight excluding hydrogens is 452 g/mol. The van der Waals surface area contributed by atoms with E-state index in [0.29, 0.717) is 36.7 Å². The molecule has 192 valence electrons. The Morgan fingerprint density at radius 2 is 1.80 bits per heavy atom. The summed E-state index contributed by atoms with van der Waals surface area (Å²) in [5, 5.41) is 21.5. The zero-order chi connectivity index (χ0) is 26.1. The summed E-state index contributed by atoms with van der Waals surface area (Å²) in [6, 6.07) is 5.72. The molecule has 1 unspecified atom stereocenters. The van der Waals surface area contributed by atoms with E-state index in [9.17, 15) is 24.8 Å². The number of benzene rings is 1. The quantitative estimate of drug-likeness (QED) is 0.175. The number of unbranched alkanes of at least 4 members (excludes halogenated alkanes) is 3. The van der Waals surface area contributed by atoms with Gasteiger partial charge in [0.25, 0.3) is 5.69 Å². The van der Waals surface area contributed by atoms with Gasteiger partial charge in [-0.05, 0) is 39.7 Å². The van der Waals surface area contributed by atoms with Crippen LogP contribution in [0, 0.1) is 10.1 Å². The first-order valence-corrected chi connectivity index (χ1v) is 12.1. The Morgan fingerprint density at radius 3 is 2.40 bits per heavy atom. The largest absolute Gasteiger partial charge is 0.478 e. The molecule has 0 bridgehead atoms. The molecule has 9 nitrogen and oxygen atoms in total. The Hall–Kier alpha value is -3.20. The molecule has 0 fully saturated rings. The predicted molar refractivity (Wildman–Crippen MR) is 132 cm³/mol. The van der Waals surface area contributed by atoms with Crippen LogP contribution in [0.4, 0.5) is 5.69 Å². The van der Waals surface area contributed by atoms with Gasteiger partial charge in [-0.25, -0.2) is 9.59 Å². The first kappa shape index (κ1) is 28.0. The minimum absolute atomic E-state index is 0.0188. The van der Waals surface area contributed by atoms with E-state index in [2.05, 4.69) is 6.92 Å². The lowest BCUT2D eigenvalue weighted by molar-refractivity contribution is -0.384. The van der Waals surface area contributed by atoms with E-state index in [4.69, 9.17) is 9.47 Å². The first-order chi connectivity index (χ1) is 16.6. The molecule has 0 aliphatic carbocycles. The second kappa shape index (κ2) is 13.0. The van der Waals surface area contributed by atoms with E-state index in [1.54, 1.807) is 38.7 Å². The Kier molecular flexibility index (Phi) is 10.4. The van der Waals surface area contributed by atoms with Gasteiger partial charge in [0.2, 0.25) is 0 Å². The van der Waals surface area contributed by atoms with Crippen molar-refractivity contribution in [2.75, 3.05) is 19.8 Å². The minimum Gasteiger partial charge on any atom is -0.478 e. The zero-order valence-corrected chi connectivity index (χ0v) is 21.2. The lowest BCUT2D eigenvalue weighted by atomic mass is 9.79. The highest BCUT2D eigenvalue weighted by Gasteiger charge is 2.40. The third kappa shape index (κ3) is 7.14. The number of nitro groups is 1. The monoisotopic (exact) mass is 488 g/mol. The number of carboxylic acids is 1. The Bertz CT molecular complexity index is 997. The zero-order valence-electron chi connectivity index (χ0n) is 21.2. The lowest BCUT2D eigenvalue weighted by Crippen LogP contribution is -2.37. The number of rotatable bonds is 13. The minimum atomic E-state index is -1.20. The fraction of sp³-hybridized carbons (Fsp3) is 0.538. The van der Waals surface area contributed by atoms with Crippen LogP contribution in [0.25, 0.3) is 0 Å². The third-order valence-electron chi connectivity index (χ3n) is 5.98. The van der Waals surface area contributed by atoms with Crippen molar-refractivity contribution in [3.8, 4) is 0 Å². The molecule has 0 saturated heterocycles. The van der Waals surface area contributed by atoms with Gasteiger partial charge in [-0.2, -0.15) is 0 Å². The van der Waals surface area contributed by atoms with Crippen LogP contribution in [0.15, 0.2) is 46.8 Å². The molecule has 1 N–H and O–H groups in total. The third-order valence-corrected chi connectivity index (χ3v) is 5.98. The van der Waals surface area contributed by atoms with Gasteiger partial charge in [-0.15, -0.1) is 0 Å². The van der Waals surface area contributed by atoms with Crippen molar-refractivity contribution in [1.82, 2.24) is 4.90 Å². The van der Waals surface area contributed by atoms with Gasteiger partial charge in [0.1, 0.15) is 0 Å². The molecule has 1 aromatic rings. The van der Waals surface area contributed by atoms with Crippen LogP contribution in [0.5, 0.6) is 0 Å². The van der Waals surface area contributed by atoms with Crippen molar-refractivity contribution in [3.63, 3.8) is 0 Å².